The van der Waals surface area contributed by atoms with Gasteiger partial charge in [-0.15, -0.1) is 0 Å². The zero-order valence-corrected chi connectivity index (χ0v) is 45.3. The first-order chi connectivity index (χ1) is 40.7. The average molecular weight is 1110 g/mol. The third-order valence-electron chi connectivity index (χ3n) is 14.5. The fraction of sp³-hybridized carbons (Fsp3) is 0.217. The molecule has 9 aromatic rings. The van der Waals surface area contributed by atoms with Gasteiger partial charge in [0.1, 0.15) is 31.0 Å². The van der Waals surface area contributed by atoms with E-state index in [1.165, 1.54) is 0 Å². The molecule has 0 bridgehead atoms. The van der Waals surface area contributed by atoms with Crippen LogP contribution in [0.3, 0.4) is 0 Å². The Balaban J connectivity index is 1.04. The van der Waals surface area contributed by atoms with Gasteiger partial charge >= 0.3 is 23.9 Å². The zero-order chi connectivity index (χ0) is 56.9. The summed E-state index contributed by atoms with van der Waals surface area (Å²) in [5, 5.41) is 3.96. The van der Waals surface area contributed by atoms with Crippen molar-refractivity contribution in [2.24, 2.45) is 0 Å². The fourth-order valence-electron chi connectivity index (χ4n) is 10.2. The maximum atomic E-state index is 14.5. The third-order valence-corrected chi connectivity index (χ3v) is 14.5. The van der Waals surface area contributed by atoms with Gasteiger partial charge in [-0.3, -0.25) is 0 Å². The number of ether oxygens (including phenoxy) is 10. The quantitative estimate of drug-likeness (QED) is 0.0524. The minimum Gasteiger partial charge on any atom is -0.459 e. The molecule has 14 nitrogen and oxygen atoms in total. The number of benzene rings is 9. The Morgan fingerprint density at radius 3 is 1.27 bits per heavy atom. The minimum absolute atomic E-state index is 0.0181. The lowest BCUT2D eigenvalue weighted by molar-refractivity contribution is -0.364. The smallest absolute Gasteiger partial charge is 0.338 e. The third kappa shape index (κ3) is 13.9. The van der Waals surface area contributed by atoms with Gasteiger partial charge in [0.05, 0.1) is 48.2 Å². The van der Waals surface area contributed by atoms with Crippen LogP contribution in [0.5, 0.6) is 0 Å². The Morgan fingerprint density at radius 2 is 0.759 bits per heavy atom. The minimum atomic E-state index is -1.58. The van der Waals surface area contributed by atoms with E-state index in [4.69, 9.17) is 47.4 Å². The molecule has 0 aromatic heterocycles. The maximum Gasteiger partial charge on any atom is 0.338 e. The van der Waals surface area contributed by atoms with Gasteiger partial charge < -0.3 is 47.4 Å². The van der Waals surface area contributed by atoms with Gasteiger partial charge in [-0.25, -0.2) is 19.2 Å². The molecule has 2 heterocycles. The number of esters is 4. The molecule has 11 rings (SSSR count). The lowest BCUT2D eigenvalue weighted by Gasteiger charge is -2.49. The standard InChI is InChI=1S/C69H60O14/c1-45-58(80-65(71)52-27-11-4-12-28-52)61(63(82-67(73)54-31-15-6-16-32-54)68(78-45)77-41-46-21-7-2-8-22-46)83-69-62(75-43-48-36-38-50-24-18-20-34-56(50)40-48)60(74-42-47-35-37-49-23-17-19-33-55(49)39-47)59(81-66(72)53-29-13-5-14-30-53)57(79-69)44-76-64(70)51-25-9-3-10-26-51/h2-40,45,57-63,68-69H,41-44H2,1H3/t45-,57+,58+,59-,60-,61+,62+,63-,68+,69+/m0/s1. The van der Waals surface area contributed by atoms with Crippen molar-refractivity contribution < 1.29 is 66.5 Å². The molecule has 9 aromatic carbocycles. The summed E-state index contributed by atoms with van der Waals surface area (Å²) >= 11 is 0. The van der Waals surface area contributed by atoms with E-state index in [2.05, 4.69) is 0 Å². The van der Waals surface area contributed by atoms with Crippen LogP contribution in [-0.2, 0) is 67.2 Å². The largest absolute Gasteiger partial charge is 0.459 e. The zero-order valence-electron chi connectivity index (χ0n) is 45.3. The molecule has 2 aliphatic heterocycles. The highest BCUT2D eigenvalue weighted by molar-refractivity contribution is 5.91. The predicted molar refractivity (Wildman–Crippen MR) is 308 cm³/mol. The van der Waals surface area contributed by atoms with Crippen molar-refractivity contribution in [3.8, 4) is 0 Å². The summed E-state index contributed by atoms with van der Waals surface area (Å²) in [5.41, 5.74) is 3.27. The van der Waals surface area contributed by atoms with Crippen LogP contribution in [-0.4, -0.2) is 91.9 Å². The average Bonchev–Trinajstić information content (AvgIpc) is 3.72. The molecule has 2 saturated heterocycles. The van der Waals surface area contributed by atoms with Gasteiger partial charge in [-0.2, -0.15) is 0 Å². The highest BCUT2D eigenvalue weighted by Crippen LogP contribution is 2.38. The van der Waals surface area contributed by atoms with E-state index < -0.39 is 91.9 Å². The normalized spacial score (nSPS) is 22.3. The van der Waals surface area contributed by atoms with E-state index in [-0.39, 0.29) is 42.1 Å². The number of rotatable bonds is 20. The summed E-state index contributed by atoms with van der Waals surface area (Å²) < 4.78 is 67.2. The molecule has 0 saturated carbocycles. The van der Waals surface area contributed by atoms with Crippen LogP contribution in [0.15, 0.2) is 237 Å². The van der Waals surface area contributed by atoms with Gasteiger partial charge in [-0.05, 0) is 106 Å². The summed E-state index contributed by atoms with van der Waals surface area (Å²) in [6.07, 6.45) is -13.5. The summed E-state index contributed by atoms with van der Waals surface area (Å²) in [4.78, 5) is 57.3. The molecular weight excluding hydrogens is 1050 g/mol. The molecule has 14 heteroatoms. The molecule has 0 aliphatic carbocycles. The maximum absolute atomic E-state index is 14.5. The van der Waals surface area contributed by atoms with E-state index >= 15 is 0 Å². The molecule has 2 fully saturated rings. The Hall–Kier alpha value is -8.86. The van der Waals surface area contributed by atoms with Crippen molar-refractivity contribution in [3.05, 3.63) is 276 Å². The lowest BCUT2D eigenvalue weighted by atomic mass is 9.95. The summed E-state index contributed by atoms with van der Waals surface area (Å²) in [5.74, 6) is -2.88. The van der Waals surface area contributed by atoms with Gasteiger partial charge in [0, 0.05) is 0 Å². The first-order valence-electron chi connectivity index (χ1n) is 27.5. The van der Waals surface area contributed by atoms with E-state index in [1.807, 2.05) is 115 Å². The van der Waals surface area contributed by atoms with Crippen LogP contribution in [0.4, 0.5) is 0 Å². The van der Waals surface area contributed by atoms with Crippen molar-refractivity contribution in [2.75, 3.05) is 6.61 Å². The highest BCUT2D eigenvalue weighted by Gasteiger charge is 2.56. The molecule has 0 radical (unpaired) electrons. The molecule has 83 heavy (non-hydrogen) atoms. The molecule has 0 N–H and O–H groups in total. The molecule has 2 aliphatic rings. The van der Waals surface area contributed by atoms with Crippen LogP contribution >= 0.6 is 0 Å². The SMILES string of the molecule is C[C@@H]1O[C@@H](OCc2ccccc2)[C@@H](OC(=O)c2ccccc2)[C@H](O[C@H]2O[C@H](COC(=O)c3ccccc3)[C@H](OC(=O)c3ccccc3)[C@H](OCc3ccc4ccccc4c3)[C@H]2OCc2ccc3ccccc3c2)[C@@H]1OC(=O)c1ccccc1. The van der Waals surface area contributed by atoms with Crippen LogP contribution in [0.2, 0.25) is 0 Å². The van der Waals surface area contributed by atoms with Crippen molar-refractivity contribution in [1.29, 1.82) is 0 Å². The van der Waals surface area contributed by atoms with Crippen LogP contribution in [0, 0.1) is 0 Å². The van der Waals surface area contributed by atoms with E-state index in [0.29, 0.717) is 0 Å². The second-order valence-corrected chi connectivity index (χ2v) is 20.2. The number of fused-ring (bicyclic) bond motifs is 2. The van der Waals surface area contributed by atoms with E-state index in [9.17, 15) is 19.2 Å². The Labute approximate surface area is 480 Å². The molecule has 0 unspecified atom stereocenters. The Morgan fingerprint density at radius 1 is 0.349 bits per heavy atom. The highest BCUT2D eigenvalue weighted by atomic mass is 16.8. The summed E-state index contributed by atoms with van der Waals surface area (Å²) in [7, 11) is 0. The topological polar surface area (TPSA) is 161 Å². The molecule has 420 valence electrons. The van der Waals surface area contributed by atoms with E-state index in [0.717, 1.165) is 38.2 Å². The first-order valence-corrected chi connectivity index (χ1v) is 27.5. The first kappa shape index (κ1) is 56.0. The molecule has 0 spiro atoms. The van der Waals surface area contributed by atoms with Crippen molar-refractivity contribution in [2.45, 2.75) is 88.2 Å². The lowest BCUT2D eigenvalue weighted by Crippen LogP contribution is -2.66. The van der Waals surface area contributed by atoms with Crippen LogP contribution in [0.25, 0.3) is 21.5 Å². The van der Waals surface area contributed by atoms with Gasteiger partial charge in [0.15, 0.2) is 30.9 Å². The van der Waals surface area contributed by atoms with Crippen LogP contribution < -0.4 is 0 Å². The predicted octanol–water partition coefficient (Wildman–Crippen LogP) is 12.1. The molecule has 0 amide bonds. The number of carbonyl (C=O) groups is 4. The van der Waals surface area contributed by atoms with Crippen LogP contribution in [0.1, 0.15) is 65.0 Å². The van der Waals surface area contributed by atoms with Gasteiger partial charge in [0.25, 0.3) is 0 Å². The monoisotopic (exact) mass is 1110 g/mol. The number of hydrogen-bond acceptors (Lipinski definition) is 14. The van der Waals surface area contributed by atoms with Crippen molar-refractivity contribution >= 4 is 45.4 Å². The summed E-state index contributed by atoms with van der Waals surface area (Å²) in [6, 6.07) is 70.8. The molecular formula is C69H60O14. The Kier molecular flexibility index (Phi) is 18.1. The van der Waals surface area contributed by atoms with Crippen molar-refractivity contribution in [1.82, 2.24) is 0 Å². The Bertz CT molecular complexity index is 3610. The summed E-state index contributed by atoms with van der Waals surface area (Å²) in [6.45, 7) is 1.15. The van der Waals surface area contributed by atoms with Crippen molar-refractivity contribution in [3.63, 3.8) is 0 Å². The number of hydrogen-bond donors (Lipinski definition) is 0. The molecule has 10 atom stereocenters. The van der Waals surface area contributed by atoms with Gasteiger partial charge in [-0.1, -0.05) is 176 Å². The second-order valence-electron chi connectivity index (χ2n) is 20.2. The van der Waals surface area contributed by atoms with E-state index in [1.54, 1.807) is 128 Å². The second kappa shape index (κ2) is 26.8. The van der Waals surface area contributed by atoms with Gasteiger partial charge in [0.2, 0.25) is 0 Å². The fourth-order valence-corrected chi connectivity index (χ4v) is 10.2. The number of carbonyl (C=O) groups excluding carboxylic acids is 4.